The highest BCUT2D eigenvalue weighted by molar-refractivity contribution is 5.76. The number of carbonyl (C=O) groups excluding carboxylic acids is 1. The molecule has 1 aliphatic carbocycles. The van der Waals surface area contributed by atoms with Crippen molar-refractivity contribution in [2.75, 3.05) is 13.1 Å². The smallest absolute Gasteiger partial charge is 0.222 e. The minimum absolute atomic E-state index is 0.000946. The van der Waals surface area contributed by atoms with Crippen LogP contribution in [0.2, 0.25) is 0 Å². The van der Waals surface area contributed by atoms with E-state index in [1.807, 2.05) is 17.7 Å². The van der Waals surface area contributed by atoms with E-state index < -0.39 is 6.10 Å². The van der Waals surface area contributed by atoms with Crippen molar-refractivity contribution >= 4 is 5.91 Å². The van der Waals surface area contributed by atoms with Gasteiger partial charge >= 0.3 is 0 Å². The highest BCUT2D eigenvalue weighted by Crippen LogP contribution is 2.27. The molecule has 3 rings (SSSR count). The first-order chi connectivity index (χ1) is 10.6. The zero-order valence-corrected chi connectivity index (χ0v) is 13.2. The lowest BCUT2D eigenvalue weighted by Crippen LogP contribution is -2.47. The summed E-state index contributed by atoms with van der Waals surface area (Å²) in [7, 11) is 0. The number of nitrogens with zero attached hydrogens (tertiary/aromatic N) is 3. The van der Waals surface area contributed by atoms with Crippen LogP contribution in [0.1, 0.15) is 37.8 Å². The molecule has 0 bridgehead atoms. The largest absolute Gasteiger partial charge is 0.389 e. The summed E-state index contributed by atoms with van der Waals surface area (Å²) < 4.78 is 1.83. The number of amides is 1. The number of aryl methyl sites for hydroxylation is 2. The van der Waals surface area contributed by atoms with Crippen LogP contribution < -0.4 is 5.32 Å². The van der Waals surface area contributed by atoms with Crippen molar-refractivity contribution in [3.63, 3.8) is 0 Å². The molecule has 6 heteroatoms. The molecular weight excluding hydrogens is 280 g/mol. The van der Waals surface area contributed by atoms with Crippen molar-refractivity contribution in [3.05, 3.63) is 18.0 Å². The van der Waals surface area contributed by atoms with E-state index >= 15 is 0 Å². The summed E-state index contributed by atoms with van der Waals surface area (Å²) in [5.74, 6) is 0.000946. The molecule has 2 N–H and O–H groups in total. The van der Waals surface area contributed by atoms with Gasteiger partial charge in [-0.1, -0.05) is 0 Å². The Balaban J connectivity index is 1.46. The van der Waals surface area contributed by atoms with E-state index in [0.717, 1.165) is 31.6 Å². The average Bonchev–Trinajstić information content (AvgIpc) is 3.21. The summed E-state index contributed by atoms with van der Waals surface area (Å²) in [4.78, 5) is 14.5. The van der Waals surface area contributed by atoms with Gasteiger partial charge in [0.2, 0.25) is 5.91 Å². The monoisotopic (exact) mass is 306 g/mol. The van der Waals surface area contributed by atoms with E-state index in [0.29, 0.717) is 13.0 Å². The molecule has 0 aromatic carbocycles. The summed E-state index contributed by atoms with van der Waals surface area (Å²) >= 11 is 0. The molecule has 3 atom stereocenters. The van der Waals surface area contributed by atoms with Crippen LogP contribution in [0.3, 0.4) is 0 Å². The highest BCUT2D eigenvalue weighted by atomic mass is 16.3. The van der Waals surface area contributed by atoms with Gasteiger partial charge in [0.05, 0.1) is 12.1 Å². The number of nitrogens with one attached hydrogen (secondary N) is 1. The number of aromatic nitrogens is 2. The molecular formula is C16H26N4O2. The van der Waals surface area contributed by atoms with Gasteiger partial charge in [-0.25, -0.2) is 0 Å². The van der Waals surface area contributed by atoms with Crippen molar-refractivity contribution in [1.29, 1.82) is 0 Å². The SMILES string of the molecule is Cc1ccnn1CCC(=O)N[C@@H]1CC[C@@H](N2CCCC2)[C@@H]1O. The van der Waals surface area contributed by atoms with Gasteiger partial charge in [-0.2, -0.15) is 5.10 Å². The van der Waals surface area contributed by atoms with Crippen molar-refractivity contribution in [2.45, 2.75) is 63.8 Å². The third kappa shape index (κ3) is 3.33. The summed E-state index contributed by atoms with van der Waals surface area (Å²) in [6, 6.07) is 2.05. The predicted molar refractivity (Wildman–Crippen MR) is 83.3 cm³/mol. The number of likely N-dealkylation sites (tertiary alicyclic amines) is 1. The molecule has 1 aromatic heterocycles. The van der Waals surface area contributed by atoms with Crippen LogP contribution in [0, 0.1) is 6.92 Å². The third-order valence-corrected chi connectivity index (χ3v) is 5.02. The van der Waals surface area contributed by atoms with Crippen LogP contribution in [0.5, 0.6) is 0 Å². The Labute approximate surface area is 131 Å². The van der Waals surface area contributed by atoms with E-state index in [2.05, 4.69) is 15.3 Å². The minimum Gasteiger partial charge on any atom is -0.389 e. The number of rotatable bonds is 5. The molecule has 2 fully saturated rings. The van der Waals surface area contributed by atoms with Crippen molar-refractivity contribution in [3.8, 4) is 0 Å². The third-order valence-electron chi connectivity index (χ3n) is 5.02. The molecule has 1 aromatic rings. The molecule has 2 heterocycles. The van der Waals surface area contributed by atoms with Gasteiger partial charge in [0.25, 0.3) is 0 Å². The van der Waals surface area contributed by atoms with Crippen LogP contribution >= 0.6 is 0 Å². The maximum atomic E-state index is 12.1. The molecule has 22 heavy (non-hydrogen) atoms. The number of hydrogen-bond donors (Lipinski definition) is 2. The Morgan fingerprint density at radius 3 is 2.86 bits per heavy atom. The van der Waals surface area contributed by atoms with Gasteiger partial charge in [0, 0.05) is 30.9 Å². The quantitative estimate of drug-likeness (QED) is 0.839. The molecule has 2 aliphatic rings. The van der Waals surface area contributed by atoms with Crippen molar-refractivity contribution in [1.82, 2.24) is 20.0 Å². The molecule has 122 valence electrons. The molecule has 0 unspecified atom stereocenters. The number of aliphatic hydroxyl groups is 1. The zero-order valence-electron chi connectivity index (χ0n) is 13.2. The second kappa shape index (κ2) is 6.79. The fourth-order valence-corrected chi connectivity index (χ4v) is 3.71. The highest BCUT2D eigenvalue weighted by Gasteiger charge is 2.39. The van der Waals surface area contributed by atoms with Gasteiger partial charge in [0.15, 0.2) is 0 Å². The fraction of sp³-hybridized carbons (Fsp3) is 0.750. The second-order valence-corrected chi connectivity index (χ2v) is 6.50. The van der Waals surface area contributed by atoms with E-state index in [4.69, 9.17) is 0 Å². The standard InChI is InChI=1S/C16H26N4O2/c1-12-6-8-17-20(12)11-7-15(21)18-13-4-5-14(16(13)22)19-9-2-3-10-19/h6,8,13-14,16,22H,2-5,7,9-11H2,1H3,(H,18,21)/t13-,14-,16-/m1/s1. The van der Waals surface area contributed by atoms with Crippen LogP contribution in [0.4, 0.5) is 0 Å². The number of carbonyl (C=O) groups is 1. The van der Waals surface area contributed by atoms with E-state index in [9.17, 15) is 9.90 Å². The van der Waals surface area contributed by atoms with Crippen molar-refractivity contribution in [2.24, 2.45) is 0 Å². The van der Waals surface area contributed by atoms with Gasteiger partial charge < -0.3 is 10.4 Å². The topological polar surface area (TPSA) is 70.4 Å². The first-order valence-electron chi connectivity index (χ1n) is 8.35. The molecule has 1 amide bonds. The molecule has 0 radical (unpaired) electrons. The Morgan fingerprint density at radius 1 is 1.41 bits per heavy atom. The first-order valence-corrected chi connectivity index (χ1v) is 8.35. The molecule has 1 saturated carbocycles. The maximum Gasteiger partial charge on any atom is 0.222 e. The average molecular weight is 306 g/mol. The van der Waals surface area contributed by atoms with E-state index in [1.165, 1.54) is 12.8 Å². The lowest BCUT2D eigenvalue weighted by molar-refractivity contribution is -0.122. The Morgan fingerprint density at radius 2 is 2.18 bits per heavy atom. The summed E-state index contributed by atoms with van der Waals surface area (Å²) in [6.45, 7) is 4.73. The van der Waals surface area contributed by atoms with Gasteiger partial charge in [-0.05, 0) is 51.8 Å². The molecule has 6 nitrogen and oxygen atoms in total. The first kappa shape index (κ1) is 15.5. The lowest BCUT2D eigenvalue weighted by Gasteiger charge is -2.28. The van der Waals surface area contributed by atoms with Crippen LogP contribution in [0.25, 0.3) is 0 Å². The maximum absolute atomic E-state index is 12.1. The zero-order chi connectivity index (χ0) is 15.5. The Kier molecular flexibility index (Phi) is 4.78. The Hall–Kier alpha value is -1.40. The van der Waals surface area contributed by atoms with Crippen LogP contribution in [0.15, 0.2) is 12.3 Å². The number of hydrogen-bond acceptors (Lipinski definition) is 4. The normalized spacial score (nSPS) is 29.1. The van der Waals surface area contributed by atoms with Gasteiger partial charge in [0.1, 0.15) is 0 Å². The molecule has 1 aliphatic heterocycles. The number of aliphatic hydroxyl groups excluding tert-OH is 1. The summed E-state index contributed by atoms with van der Waals surface area (Å²) in [6.07, 6.45) is 6.01. The fourth-order valence-electron chi connectivity index (χ4n) is 3.71. The van der Waals surface area contributed by atoms with E-state index in [-0.39, 0.29) is 18.0 Å². The second-order valence-electron chi connectivity index (χ2n) is 6.50. The van der Waals surface area contributed by atoms with Crippen LogP contribution in [-0.4, -0.2) is 57.0 Å². The summed E-state index contributed by atoms with van der Waals surface area (Å²) in [5.41, 5.74) is 1.06. The van der Waals surface area contributed by atoms with E-state index in [1.54, 1.807) is 6.20 Å². The molecule has 1 saturated heterocycles. The molecule has 0 spiro atoms. The predicted octanol–water partition coefficient (Wildman–Crippen LogP) is 0.686. The van der Waals surface area contributed by atoms with Crippen LogP contribution in [-0.2, 0) is 11.3 Å². The van der Waals surface area contributed by atoms with Gasteiger partial charge in [-0.15, -0.1) is 0 Å². The lowest BCUT2D eigenvalue weighted by atomic mass is 10.1. The summed E-state index contributed by atoms with van der Waals surface area (Å²) in [5, 5.41) is 17.7. The van der Waals surface area contributed by atoms with Gasteiger partial charge in [-0.3, -0.25) is 14.4 Å². The Bertz CT molecular complexity index is 510. The van der Waals surface area contributed by atoms with Crippen molar-refractivity contribution < 1.29 is 9.90 Å². The minimum atomic E-state index is -0.437.